The molecule has 0 saturated carbocycles. The lowest BCUT2D eigenvalue weighted by Crippen LogP contribution is -2.35. The first-order chi connectivity index (χ1) is 19.4. The van der Waals surface area contributed by atoms with Gasteiger partial charge in [-0.1, -0.05) is 135 Å². The number of fused-ring (bicyclic) bond motifs is 1. The minimum Gasteiger partial charge on any atom is -0.493 e. The van der Waals surface area contributed by atoms with Crippen molar-refractivity contribution in [1.29, 1.82) is 0 Å². The van der Waals surface area contributed by atoms with Crippen LogP contribution in [0.2, 0.25) is 0 Å². The Morgan fingerprint density at radius 3 is 1.77 bits per heavy atom. The Kier molecular flexibility index (Phi) is 13.9. The predicted molar refractivity (Wildman–Crippen MR) is 172 cm³/mol. The van der Waals surface area contributed by atoms with E-state index in [2.05, 4.69) is 69.0 Å². The average molecular weight is 550 g/mol. The number of rotatable bonds is 18. The molecule has 3 heteroatoms. The van der Waals surface area contributed by atoms with Crippen LogP contribution < -0.4 is 9.47 Å². The van der Waals surface area contributed by atoms with Crippen molar-refractivity contribution in [3.05, 3.63) is 58.7 Å². The number of nitrogens with zero attached hydrogens (tertiary/aromatic N) is 1. The van der Waals surface area contributed by atoms with Crippen LogP contribution in [0.4, 0.5) is 0 Å². The predicted octanol–water partition coefficient (Wildman–Crippen LogP) is 10.6. The second-order valence-electron chi connectivity index (χ2n) is 13.1. The van der Waals surface area contributed by atoms with E-state index in [9.17, 15) is 0 Å². The van der Waals surface area contributed by atoms with E-state index >= 15 is 0 Å². The lowest BCUT2D eigenvalue weighted by Gasteiger charge is -2.38. The molecule has 40 heavy (non-hydrogen) atoms. The third-order valence-electron chi connectivity index (χ3n) is 8.90. The summed E-state index contributed by atoms with van der Waals surface area (Å²) in [5.74, 6) is 1.71. The van der Waals surface area contributed by atoms with Crippen molar-refractivity contribution >= 4 is 0 Å². The number of methoxy groups -OCH3 is 2. The standard InChI is InChI=1S/C37H59NO2/c1-7-8-9-10-11-12-13-14-15-16-17-18-19-20-34-33-28-36(40-6)35(39-5)27-31(33)25-26-38(34)29-30-21-23-32(24-22-30)37(2,3)4/h21-24,27-28,34H,7-20,25-26,29H2,1-6H3. The molecule has 3 rings (SSSR count). The summed E-state index contributed by atoms with van der Waals surface area (Å²) in [5, 5.41) is 0. The van der Waals surface area contributed by atoms with Gasteiger partial charge in [0.15, 0.2) is 11.5 Å². The van der Waals surface area contributed by atoms with Gasteiger partial charge in [0.2, 0.25) is 0 Å². The maximum Gasteiger partial charge on any atom is 0.161 e. The second-order valence-corrected chi connectivity index (χ2v) is 13.1. The summed E-state index contributed by atoms with van der Waals surface area (Å²) in [6, 6.07) is 14.2. The molecule has 0 aromatic heterocycles. The Morgan fingerprint density at radius 2 is 1.25 bits per heavy atom. The van der Waals surface area contributed by atoms with Crippen LogP contribution in [-0.4, -0.2) is 25.7 Å². The number of hydrogen-bond donors (Lipinski definition) is 0. The topological polar surface area (TPSA) is 21.7 Å². The van der Waals surface area contributed by atoms with E-state index in [1.54, 1.807) is 14.2 Å². The molecular formula is C37H59NO2. The van der Waals surface area contributed by atoms with Crippen LogP contribution in [0.3, 0.4) is 0 Å². The zero-order valence-electron chi connectivity index (χ0n) is 26.8. The molecule has 0 spiro atoms. The summed E-state index contributed by atoms with van der Waals surface area (Å²) >= 11 is 0. The lowest BCUT2D eigenvalue weighted by molar-refractivity contribution is 0.163. The summed E-state index contributed by atoms with van der Waals surface area (Å²) in [6.45, 7) is 11.3. The molecular weight excluding hydrogens is 490 g/mol. The third kappa shape index (κ3) is 10.1. The van der Waals surface area contributed by atoms with Crippen molar-refractivity contribution in [2.24, 2.45) is 0 Å². The van der Waals surface area contributed by atoms with Crippen LogP contribution in [0, 0.1) is 0 Å². The molecule has 3 nitrogen and oxygen atoms in total. The molecule has 1 unspecified atom stereocenters. The molecule has 1 aliphatic rings. The molecule has 1 aliphatic heterocycles. The van der Waals surface area contributed by atoms with Gasteiger partial charge in [0.05, 0.1) is 14.2 Å². The van der Waals surface area contributed by atoms with E-state index in [0.29, 0.717) is 6.04 Å². The van der Waals surface area contributed by atoms with Gasteiger partial charge in [-0.2, -0.15) is 0 Å². The fourth-order valence-corrected chi connectivity index (χ4v) is 6.31. The fourth-order valence-electron chi connectivity index (χ4n) is 6.31. The maximum absolute atomic E-state index is 5.73. The van der Waals surface area contributed by atoms with E-state index < -0.39 is 0 Å². The highest BCUT2D eigenvalue weighted by molar-refractivity contribution is 5.49. The molecule has 0 saturated heterocycles. The van der Waals surface area contributed by atoms with Gasteiger partial charge in [0.1, 0.15) is 0 Å². The largest absolute Gasteiger partial charge is 0.493 e. The van der Waals surface area contributed by atoms with E-state index in [-0.39, 0.29) is 5.41 Å². The van der Waals surface area contributed by atoms with Crippen molar-refractivity contribution in [2.45, 2.75) is 142 Å². The van der Waals surface area contributed by atoms with E-state index in [4.69, 9.17) is 9.47 Å². The van der Waals surface area contributed by atoms with Crippen molar-refractivity contribution in [1.82, 2.24) is 4.90 Å². The summed E-state index contributed by atoms with van der Waals surface area (Å²) in [5.41, 5.74) is 5.87. The van der Waals surface area contributed by atoms with Crippen LogP contribution >= 0.6 is 0 Å². The number of ether oxygens (including phenoxy) is 2. The molecule has 2 aromatic carbocycles. The molecule has 0 fully saturated rings. The Balaban J connectivity index is 1.54. The van der Waals surface area contributed by atoms with Crippen molar-refractivity contribution in [2.75, 3.05) is 20.8 Å². The van der Waals surface area contributed by atoms with Crippen LogP contribution in [0.25, 0.3) is 0 Å². The highest BCUT2D eigenvalue weighted by Crippen LogP contribution is 2.41. The van der Waals surface area contributed by atoms with Gasteiger partial charge in [-0.3, -0.25) is 4.90 Å². The maximum atomic E-state index is 5.73. The Bertz CT molecular complexity index is 975. The second kappa shape index (κ2) is 17.1. The van der Waals surface area contributed by atoms with Gasteiger partial charge < -0.3 is 9.47 Å². The van der Waals surface area contributed by atoms with E-state index in [1.807, 2.05) is 0 Å². The smallest absolute Gasteiger partial charge is 0.161 e. The molecule has 1 atom stereocenters. The highest BCUT2D eigenvalue weighted by atomic mass is 16.5. The molecule has 2 aromatic rings. The molecule has 0 aliphatic carbocycles. The normalized spacial score (nSPS) is 15.7. The van der Waals surface area contributed by atoms with Crippen LogP contribution in [0.15, 0.2) is 36.4 Å². The van der Waals surface area contributed by atoms with Gasteiger partial charge in [0, 0.05) is 19.1 Å². The van der Waals surface area contributed by atoms with Gasteiger partial charge in [-0.25, -0.2) is 0 Å². The van der Waals surface area contributed by atoms with Gasteiger partial charge in [-0.05, 0) is 52.6 Å². The minimum absolute atomic E-state index is 0.189. The van der Waals surface area contributed by atoms with Crippen molar-refractivity contribution < 1.29 is 9.47 Å². The SMILES string of the molecule is CCCCCCCCCCCCCCCC1c2cc(OC)c(OC)cc2CCN1Cc1ccc(C(C)(C)C)cc1. The number of unbranched alkanes of at least 4 members (excludes halogenated alkanes) is 12. The van der Waals surface area contributed by atoms with Crippen LogP contribution in [0.1, 0.15) is 146 Å². The monoisotopic (exact) mass is 549 g/mol. The first-order valence-corrected chi connectivity index (χ1v) is 16.5. The molecule has 0 bridgehead atoms. The summed E-state index contributed by atoms with van der Waals surface area (Å²) < 4.78 is 11.4. The van der Waals surface area contributed by atoms with Gasteiger partial charge in [-0.15, -0.1) is 0 Å². The lowest BCUT2D eigenvalue weighted by atomic mass is 9.86. The third-order valence-corrected chi connectivity index (χ3v) is 8.90. The Hall–Kier alpha value is -2.00. The average Bonchev–Trinajstić information content (AvgIpc) is 2.95. The molecule has 0 amide bonds. The zero-order valence-corrected chi connectivity index (χ0v) is 26.8. The van der Waals surface area contributed by atoms with Crippen molar-refractivity contribution in [3.8, 4) is 11.5 Å². The highest BCUT2D eigenvalue weighted by Gasteiger charge is 2.29. The van der Waals surface area contributed by atoms with Crippen LogP contribution in [-0.2, 0) is 18.4 Å². The first-order valence-electron chi connectivity index (χ1n) is 16.5. The van der Waals surface area contributed by atoms with Crippen LogP contribution in [0.5, 0.6) is 11.5 Å². The summed E-state index contributed by atoms with van der Waals surface area (Å²) in [4.78, 5) is 2.71. The Labute approximate surface area is 247 Å². The first kappa shape index (κ1) is 32.5. The summed E-state index contributed by atoms with van der Waals surface area (Å²) in [7, 11) is 3.49. The Morgan fingerprint density at radius 1 is 0.725 bits per heavy atom. The number of benzene rings is 2. The molecule has 0 N–H and O–H groups in total. The molecule has 0 radical (unpaired) electrons. The quantitative estimate of drug-likeness (QED) is 0.173. The number of hydrogen-bond acceptors (Lipinski definition) is 3. The fraction of sp³-hybridized carbons (Fsp3) is 0.676. The van der Waals surface area contributed by atoms with Crippen molar-refractivity contribution in [3.63, 3.8) is 0 Å². The molecule has 224 valence electrons. The summed E-state index contributed by atoms with van der Waals surface area (Å²) in [6.07, 6.45) is 20.4. The van der Waals surface area contributed by atoms with Gasteiger partial charge in [0.25, 0.3) is 0 Å². The van der Waals surface area contributed by atoms with Gasteiger partial charge >= 0.3 is 0 Å². The van der Waals surface area contributed by atoms with E-state index in [0.717, 1.165) is 31.0 Å². The molecule has 1 heterocycles. The minimum atomic E-state index is 0.189. The van der Waals surface area contributed by atoms with E-state index in [1.165, 1.54) is 112 Å². The zero-order chi connectivity index (χ0) is 28.8.